The SMILES string of the molecule is CCNC(=NCc1ccccc1Cn1cccn1)NCC(=O)NCc1ccco1. The van der Waals surface area contributed by atoms with E-state index in [1.54, 1.807) is 18.5 Å². The minimum absolute atomic E-state index is 0.126. The van der Waals surface area contributed by atoms with Crippen LogP contribution in [-0.4, -0.2) is 34.7 Å². The van der Waals surface area contributed by atoms with Crippen LogP contribution in [0.25, 0.3) is 0 Å². The van der Waals surface area contributed by atoms with Crippen molar-refractivity contribution in [2.75, 3.05) is 13.1 Å². The summed E-state index contributed by atoms with van der Waals surface area (Å²) in [5.41, 5.74) is 2.27. The van der Waals surface area contributed by atoms with Gasteiger partial charge in [-0.1, -0.05) is 24.3 Å². The molecule has 3 rings (SSSR count). The zero-order valence-electron chi connectivity index (χ0n) is 16.5. The van der Waals surface area contributed by atoms with Gasteiger partial charge in [-0.05, 0) is 36.2 Å². The van der Waals surface area contributed by atoms with Crippen molar-refractivity contribution >= 4 is 11.9 Å². The number of benzene rings is 1. The summed E-state index contributed by atoms with van der Waals surface area (Å²) in [4.78, 5) is 16.7. The molecule has 0 aliphatic carbocycles. The number of rotatable bonds is 9. The average molecular weight is 394 g/mol. The Morgan fingerprint density at radius 2 is 1.97 bits per heavy atom. The molecule has 3 N–H and O–H groups in total. The van der Waals surface area contributed by atoms with Crippen LogP contribution in [0.4, 0.5) is 0 Å². The molecule has 152 valence electrons. The molecule has 0 saturated heterocycles. The molecule has 3 aromatic rings. The van der Waals surface area contributed by atoms with E-state index >= 15 is 0 Å². The third-order valence-electron chi connectivity index (χ3n) is 4.22. The van der Waals surface area contributed by atoms with Crippen molar-refractivity contribution in [3.05, 3.63) is 78.0 Å². The molecule has 0 spiro atoms. The highest BCUT2D eigenvalue weighted by molar-refractivity contribution is 5.86. The Hall–Kier alpha value is -3.55. The lowest BCUT2D eigenvalue weighted by Gasteiger charge is -2.12. The fraction of sp³-hybridized carbons (Fsp3) is 0.286. The van der Waals surface area contributed by atoms with E-state index < -0.39 is 0 Å². The lowest BCUT2D eigenvalue weighted by molar-refractivity contribution is -0.120. The van der Waals surface area contributed by atoms with Gasteiger partial charge < -0.3 is 20.4 Å². The summed E-state index contributed by atoms with van der Waals surface area (Å²) in [7, 11) is 0. The molecule has 0 radical (unpaired) electrons. The Bertz CT molecular complexity index is 903. The van der Waals surface area contributed by atoms with Crippen molar-refractivity contribution in [1.82, 2.24) is 25.7 Å². The number of aliphatic imine (C=N–C) groups is 1. The second-order valence-corrected chi connectivity index (χ2v) is 6.38. The number of carbonyl (C=O) groups is 1. The van der Waals surface area contributed by atoms with Gasteiger partial charge in [-0.25, -0.2) is 4.99 Å². The Balaban J connectivity index is 1.55. The minimum atomic E-state index is -0.133. The van der Waals surface area contributed by atoms with Crippen LogP contribution in [0.2, 0.25) is 0 Å². The van der Waals surface area contributed by atoms with Gasteiger partial charge >= 0.3 is 0 Å². The van der Waals surface area contributed by atoms with Crippen molar-refractivity contribution in [3.63, 3.8) is 0 Å². The first-order chi connectivity index (χ1) is 14.2. The largest absolute Gasteiger partial charge is 0.467 e. The van der Waals surface area contributed by atoms with Gasteiger partial charge in [0.05, 0.1) is 32.4 Å². The standard InChI is InChI=1S/C21H26N6O2/c1-2-22-21(25-15-20(28)23-14-19-9-5-12-29-19)24-13-17-7-3-4-8-18(17)16-27-11-6-10-26-27/h3-12H,2,13-16H2,1H3,(H,23,28)(H2,22,24,25). The lowest BCUT2D eigenvalue weighted by Crippen LogP contribution is -2.43. The quantitative estimate of drug-likeness (QED) is 0.380. The van der Waals surface area contributed by atoms with Gasteiger partial charge in [0.15, 0.2) is 5.96 Å². The van der Waals surface area contributed by atoms with Crippen LogP contribution in [0.15, 0.2) is 70.5 Å². The molecule has 2 aromatic heterocycles. The highest BCUT2D eigenvalue weighted by Gasteiger charge is 2.06. The summed E-state index contributed by atoms with van der Waals surface area (Å²) in [6.07, 6.45) is 5.29. The highest BCUT2D eigenvalue weighted by Crippen LogP contribution is 2.11. The van der Waals surface area contributed by atoms with E-state index in [-0.39, 0.29) is 12.5 Å². The normalized spacial score (nSPS) is 11.3. The topological polar surface area (TPSA) is 96.5 Å². The zero-order valence-corrected chi connectivity index (χ0v) is 16.5. The summed E-state index contributed by atoms with van der Waals surface area (Å²) < 4.78 is 7.09. The number of hydrogen-bond donors (Lipinski definition) is 3. The number of nitrogens with one attached hydrogen (secondary N) is 3. The molecule has 0 aliphatic heterocycles. The van der Waals surface area contributed by atoms with Gasteiger partial charge in [0.25, 0.3) is 0 Å². The van der Waals surface area contributed by atoms with E-state index in [9.17, 15) is 4.79 Å². The van der Waals surface area contributed by atoms with Crippen LogP contribution in [-0.2, 0) is 24.4 Å². The van der Waals surface area contributed by atoms with E-state index in [2.05, 4.69) is 38.2 Å². The molecule has 1 aromatic carbocycles. The molecular formula is C21H26N6O2. The predicted molar refractivity (Wildman–Crippen MR) is 111 cm³/mol. The zero-order chi connectivity index (χ0) is 20.3. The Kier molecular flexibility index (Phi) is 7.45. The Morgan fingerprint density at radius 1 is 1.10 bits per heavy atom. The van der Waals surface area contributed by atoms with E-state index in [1.807, 2.05) is 42.1 Å². The number of amides is 1. The first-order valence-electron chi connectivity index (χ1n) is 9.60. The molecule has 2 heterocycles. The molecule has 0 bridgehead atoms. The van der Waals surface area contributed by atoms with Gasteiger partial charge in [0.1, 0.15) is 5.76 Å². The van der Waals surface area contributed by atoms with E-state index in [1.165, 1.54) is 0 Å². The molecule has 0 unspecified atom stereocenters. The first-order valence-corrected chi connectivity index (χ1v) is 9.60. The molecule has 1 amide bonds. The summed E-state index contributed by atoms with van der Waals surface area (Å²) in [6.45, 7) is 4.37. The second-order valence-electron chi connectivity index (χ2n) is 6.38. The smallest absolute Gasteiger partial charge is 0.239 e. The number of carbonyl (C=O) groups excluding carboxylic acids is 1. The third-order valence-corrected chi connectivity index (χ3v) is 4.22. The van der Waals surface area contributed by atoms with E-state index in [0.717, 1.165) is 11.1 Å². The summed E-state index contributed by atoms with van der Waals surface area (Å²) in [6, 6.07) is 13.7. The molecule has 0 fully saturated rings. The predicted octanol–water partition coefficient (Wildman–Crippen LogP) is 1.90. The van der Waals surface area contributed by atoms with E-state index in [4.69, 9.17) is 4.42 Å². The minimum Gasteiger partial charge on any atom is -0.467 e. The maximum absolute atomic E-state index is 12.0. The average Bonchev–Trinajstić information content (AvgIpc) is 3.43. The van der Waals surface area contributed by atoms with Crippen molar-refractivity contribution in [2.24, 2.45) is 4.99 Å². The summed E-state index contributed by atoms with van der Waals surface area (Å²) >= 11 is 0. The molecule has 0 saturated carbocycles. The molecule has 8 nitrogen and oxygen atoms in total. The van der Waals surface area contributed by atoms with Gasteiger partial charge in [-0.3, -0.25) is 9.48 Å². The summed E-state index contributed by atoms with van der Waals surface area (Å²) in [5.74, 6) is 1.17. The maximum Gasteiger partial charge on any atom is 0.239 e. The van der Waals surface area contributed by atoms with Crippen LogP contribution >= 0.6 is 0 Å². The molecule has 8 heteroatoms. The van der Waals surface area contributed by atoms with Gasteiger partial charge in [0, 0.05) is 18.9 Å². The van der Waals surface area contributed by atoms with E-state index in [0.29, 0.717) is 37.9 Å². The van der Waals surface area contributed by atoms with Crippen molar-refractivity contribution in [2.45, 2.75) is 26.6 Å². The fourth-order valence-corrected chi connectivity index (χ4v) is 2.77. The van der Waals surface area contributed by atoms with Crippen molar-refractivity contribution < 1.29 is 9.21 Å². The van der Waals surface area contributed by atoms with Gasteiger partial charge in [-0.2, -0.15) is 5.10 Å². The number of nitrogens with zero attached hydrogens (tertiary/aromatic N) is 3. The number of guanidine groups is 1. The van der Waals surface area contributed by atoms with Crippen LogP contribution < -0.4 is 16.0 Å². The van der Waals surface area contributed by atoms with Crippen molar-refractivity contribution in [3.8, 4) is 0 Å². The van der Waals surface area contributed by atoms with Crippen LogP contribution in [0.1, 0.15) is 23.8 Å². The molecular weight excluding hydrogens is 368 g/mol. The third kappa shape index (κ3) is 6.53. The van der Waals surface area contributed by atoms with Crippen LogP contribution in [0, 0.1) is 0 Å². The van der Waals surface area contributed by atoms with Gasteiger partial charge in [-0.15, -0.1) is 0 Å². The number of aromatic nitrogens is 2. The second kappa shape index (κ2) is 10.7. The first kappa shape index (κ1) is 20.2. The van der Waals surface area contributed by atoms with Crippen LogP contribution in [0.3, 0.4) is 0 Å². The van der Waals surface area contributed by atoms with Gasteiger partial charge in [0.2, 0.25) is 5.91 Å². The van der Waals surface area contributed by atoms with Crippen LogP contribution in [0.5, 0.6) is 0 Å². The van der Waals surface area contributed by atoms with Crippen molar-refractivity contribution in [1.29, 1.82) is 0 Å². The fourth-order valence-electron chi connectivity index (χ4n) is 2.77. The molecule has 0 atom stereocenters. The molecule has 29 heavy (non-hydrogen) atoms. The maximum atomic E-state index is 12.0. The number of furan rings is 1. The monoisotopic (exact) mass is 394 g/mol. The Morgan fingerprint density at radius 3 is 2.69 bits per heavy atom. The Labute approximate surface area is 170 Å². The summed E-state index contributed by atoms with van der Waals surface area (Å²) in [5, 5.41) is 13.3. The number of hydrogen-bond acceptors (Lipinski definition) is 4. The lowest BCUT2D eigenvalue weighted by atomic mass is 10.1. The highest BCUT2D eigenvalue weighted by atomic mass is 16.3. The molecule has 0 aliphatic rings.